The average Bonchev–Trinajstić information content (AvgIpc) is 3.61. The number of nitrogens with one attached hydrogen (secondary N) is 1. The van der Waals surface area contributed by atoms with E-state index in [-0.39, 0.29) is 6.04 Å². The molecule has 0 spiro atoms. The first-order chi connectivity index (χ1) is 16.2. The third kappa shape index (κ3) is 3.83. The van der Waals surface area contributed by atoms with E-state index in [0.717, 1.165) is 11.9 Å². The molecule has 2 aliphatic heterocycles. The Morgan fingerprint density at radius 3 is 2.91 bits per heavy atom. The van der Waals surface area contributed by atoms with Crippen LogP contribution in [0.5, 0.6) is 0 Å². The SMILES string of the molecule is O[C@@H]1[C@H](O)[C@@H](CSc2nc3ccccc3o2)O[C@H]1n1cnc2c(N[C@@H]3CCOC3)ncnc21. The molecule has 0 unspecified atom stereocenters. The summed E-state index contributed by atoms with van der Waals surface area (Å²) in [5, 5.41) is 25.2. The molecule has 0 saturated carbocycles. The van der Waals surface area contributed by atoms with Crippen molar-refractivity contribution >= 4 is 39.8 Å². The number of aliphatic hydroxyl groups is 2. The van der Waals surface area contributed by atoms with Gasteiger partial charge < -0.3 is 29.4 Å². The molecule has 4 aromatic rings. The molecule has 0 radical (unpaired) electrons. The van der Waals surface area contributed by atoms with Crippen LogP contribution in [0.2, 0.25) is 0 Å². The van der Waals surface area contributed by atoms with Crippen LogP contribution in [0.25, 0.3) is 22.3 Å². The first-order valence-corrected chi connectivity index (χ1v) is 11.7. The number of fused-ring (bicyclic) bond motifs is 2. The first-order valence-electron chi connectivity index (χ1n) is 10.7. The van der Waals surface area contributed by atoms with Gasteiger partial charge in [-0.3, -0.25) is 4.57 Å². The Morgan fingerprint density at radius 1 is 1.15 bits per heavy atom. The van der Waals surface area contributed by atoms with Crippen LogP contribution in [0.15, 0.2) is 46.6 Å². The topological polar surface area (TPSA) is 141 Å². The van der Waals surface area contributed by atoms with Gasteiger partial charge in [-0.25, -0.2) is 19.9 Å². The van der Waals surface area contributed by atoms with Crippen LogP contribution in [0.3, 0.4) is 0 Å². The summed E-state index contributed by atoms with van der Waals surface area (Å²) >= 11 is 1.33. The third-order valence-corrected chi connectivity index (χ3v) is 6.80. The van der Waals surface area contributed by atoms with E-state index in [0.29, 0.717) is 46.8 Å². The van der Waals surface area contributed by atoms with Crippen molar-refractivity contribution in [3.63, 3.8) is 0 Å². The summed E-state index contributed by atoms with van der Waals surface area (Å²) in [6.07, 6.45) is 0.186. The van der Waals surface area contributed by atoms with E-state index in [9.17, 15) is 10.2 Å². The average molecular weight is 471 g/mol. The van der Waals surface area contributed by atoms with Crippen LogP contribution >= 0.6 is 11.8 Å². The third-order valence-electron chi connectivity index (χ3n) is 5.89. The molecule has 5 heterocycles. The van der Waals surface area contributed by atoms with Gasteiger partial charge in [0, 0.05) is 12.4 Å². The van der Waals surface area contributed by atoms with Crippen LogP contribution in [0, 0.1) is 0 Å². The maximum absolute atomic E-state index is 10.7. The van der Waals surface area contributed by atoms with Gasteiger partial charge in [-0.15, -0.1) is 0 Å². The number of oxazole rings is 1. The van der Waals surface area contributed by atoms with E-state index in [1.165, 1.54) is 18.1 Å². The van der Waals surface area contributed by atoms with E-state index in [2.05, 4.69) is 25.3 Å². The molecule has 172 valence electrons. The number of imidazole rings is 1. The molecule has 11 nitrogen and oxygen atoms in total. The zero-order chi connectivity index (χ0) is 22.4. The Morgan fingerprint density at radius 2 is 2.06 bits per heavy atom. The number of aromatic nitrogens is 5. The summed E-state index contributed by atoms with van der Waals surface area (Å²) in [5.74, 6) is 0.961. The molecule has 6 rings (SSSR count). The second-order valence-electron chi connectivity index (χ2n) is 8.06. The van der Waals surface area contributed by atoms with Crippen LogP contribution in [-0.2, 0) is 9.47 Å². The fourth-order valence-electron chi connectivity index (χ4n) is 4.15. The highest BCUT2D eigenvalue weighted by Gasteiger charge is 2.44. The van der Waals surface area contributed by atoms with Gasteiger partial charge in [0.15, 0.2) is 28.8 Å². The van der Waals surface area contributed by atoms with Crippen molar-refractivity contribution in [2.75, 3.05) is 24.3 Å². The first kappa shape index (κ1) is 20.8. The van der Waals surface area contributed by atoms with Crippen molar-refractivity contribution in [3.8, 4) is 0 Å². The van der Waals surface area contributed by atoms with E-state index in [1.807, 2.05) is 24.3 Å². The molecule has 33 heavy (non-hydrogen) atoms. The predicted molar refractivity (Wildman–Crippen MR) is 119 cm³/mol. The molecule has 0 aliphatic carbocycles. The molecular formula is C21H22N6O5S. The number of rotatable bonds is 6. The monoisotopic (exact) mass is 470 g/mol. The van der Waals surface area contributed by atoms with Gasteiger partial charge in [-0.05, 0) is 18.6 Å². The minimum Gasteiger partial charge on any atom is -0.431 e. The Balaban J connectivity index is 1.19. The van der Waals surface area contributed by atoms with Gasteiger partial charge in [-0.1, -0.05) is 23.9 Å². The lowest BCUT2D eigenvalue weighted by molar-refractivity contribution is -0.0289. The second kappa shape index (κ2) is 8.54. The fourth-order valence-corrected chi connectivity index (χ4v) is 5.04. The summed E-state index contributed by atoms with van der Waals surface area (Å²) in [4.78, 5) is 17.5. The molecule has 5 atom stereocenters. The molecule has 1 aromatic carbocycles. The highest BCUT2D eigenvalue weighted by atomic mass is 32.2. The van der Waals surface area contributed by atoms with E-state index >= 15 is 0 Å². The molecule has 2 fully saturated rings. The molecule has 12 heteroatoms. The number of para-hydroxylation sites is 2. The summed E-state index contributed by atoms with van der Waals surface area (Å²) in [6.45, 7) is 1.32. The number of aliphatic hydroxyl groups excluding tert-OH is 2. The van der Waals surface area contributed by atoms with Gasteiger partial charge in [0.05, 0.1) is 25.1 Å². The van der Waals surface area contributed by atoms with Crippen molar-refractivity contribution in [1.82, 2.24) is 24.5 Å². The smallest absolute Gasteiger partial charge is 0.256 e. The number of hydrogen-bond acceptors (Lipinski definition) is 11. The number of benzene rings is 1. The Bertz CT molecular complexity index is 1240. The summed E-state index contributed by atoms with van der Waals surface area (Å²) in [6, 6.07) is 7.66. The Labute approximate surface area is 192 Å². The largest absolute Gasteiger partial charge is 0.431 e. The van der Waals surface area contributed by atoms with Crippen molar-refractivity contribution < 1.29 is 24.1 Å². The van der Waals surface area contributed by atoms with Gasteiger partial charge in [0.2, 0.25) is 0 Å². The van der Waals surface area contributed by atoms with E-state index in [4.69, 9.17) is 13.9 Å². The van der Waals surface area contributed by atoms with Crippen LogP contribution in [0.1, 0.15) is 12.6 Å². The minimum atomic E-state index is -1.15. The molecule has 2 aliphatic rings. The molecule has 3 aromatic heterocycles. The van der Waals surface area contributed by atoms with Gasteiger partial charge in [0.1, 0.15) is 24.1 Å². The van der Waals surface area contributed by atoms with E-state index in [1.54, 1.807) is 10.9 Å². The van der Waals surface area contributed by atoms with Gasteiger partial charge in [0.25, 0.3) is 5.22 Å². The molecule has 0 bridgehead atoms. The Kier molecular flexibility index (Phi) is 5.38. The standard InChI is InChI=1S/C21H22N6O5S/c28-16-14(8-33-21-26-12-3-1-2-4-13(12)32-21)31-20(17(16)29)27-10-24-15-18(22-9-23-19(15)27)25-11-5-6-30-7-11/h1-4,9-11,14,16-17,20,28-29H,5-8H2,(H,22,23,25)/t11-,14-,16-,17-,20-/m1/s1. The normalized spacial score (nSPS) is 27.6. The van der Waals surface area contributed by atoms with Crippen molar-refractivity contribution in [2.45, 2.75) is 42.2 Å². The minimum absolute atomic E-state index is 0.164. The van der Waals surface area contributed by atoms with Gasteiger partial charge in [-0.2, -0.15) is 0 Å². The predicted octanol–water partition coefficient (Wildman–Crippen LogP) is 1.58. The lowest BCUT2D eigenvalue weighted by Crippen LogP contribution is -2.32. The van der Waals surface area contributed by atoms with Crippen LogP contribution < -0.4 is 5.32 Å². The maximum Gasteiger partial charge on any atom is 0.256 e. The quantitative estimate of drug-likeness (QED) is 0.354. The fraction of sp³-hybridized carbons (Fsp3) is 0.429. The molecule has 3 N–H and O–H groups in total. The van der Waals surface area contributed by atoms with Crippen molar-refractivity contribution in [2.24, 2.45) is 0 Å². The van der Waals surface area contributed by atoms with Crippen LogP contribution in [0.4, 0.5) is 5.82 Å². The van der Waals surface area contributed by atoms with Crippen molar-refractivity contribution in [3.05, 3.63) is 36.9 Å². The summed E-state index contributed by atoms with van der Waals surface area (Å²) < 4.78 is 18.8. The van der Waals surface area contributed by atoms with E-state index < -0.39 is 24.5 Å². The number of thioether (sulfide) groups is 1. The number of nitrogens with zero attached hydrogens (tertiary/aromatic N) is 5. The number of hydrogen-bond donors (Lipinski definition) is 3. The zero-order valence-electron chi connectivity index (χ0n) is 17.4. The highest BCUT2D eigenvalue weighted by molar-refractivity contribution is 7.99. The molecule has 0 amide bonds. The lowest BCUT2D eigenvalue weighted by Gasteiger charge is -2.17. The van der Waals surface area contributed by atoms with Gasteiger partial charge >= 0.3 is 0 Å². The number of anilines is 1. The zero-order valence-corrected chi connectivity index (χ0v) is 18.3. The van der Waals surface area contributed by atoms with Crippen LogP contribution in [-0.4, -0.2) is 78.0 Å². The summed E-state index contributed by atoms with van der Waals surface area (Å²) in [5.41, 5.74) is 2.54. The maximum atomic E-state index is 10.7. The van der Waals surface area contributed by atoms with Crippen molar-refractivity contribution in [1.29, 1.82) is 0 Å². The molecule has 2 saturated heterocycles. The second-order valence-corrected chi connectivity index (χ2v) is 9.03. The number of ether oxygens (including phenoxy) is 2. The summed E-state index contributed by atoms with van der Waals surface area (Å²) in [7, 11) is 0. The molecular weight excluding hydrogens is 448 g/mol. The highest BCUT2D eigenvalue weighted by Crippen LogP contribution is 2.35. The Hall–Kier alpha value is -2.77. The lowest BCUT2D eigenvalue weighted by atomic mass is 10.1.